The molecule has 27 heavy (non-hydrogen) atoms. The van der Waals surface area contributed by atoms with Gasteiger partial charge in [0.25, 0.3) is 5.69 Å². The van der Waals surface area contributed by atoms with E-state index in [4.69, 9.17) is 0 Å². The van der Waals surface area contributed by atoms with Crippen LogP contribution in [0.4, 0.5) is 11.4 Å². The number of hydrogen-bond donors (Lipinski definition) is 1. The molecule has 1 aliphatic heterocycles. The largest absolute Gasteiger partial charge is 0.373 e. The Morgan fingerprint density at radius 1 is 1.07 bits per heavy atom. The van der Waals surface area contributed by atoms with Crippen LogP contribution >= 0.6 is 0 Å². The van der Waals surface area contributed by atoms with Gasteiger partial charge < -0.3 is 5.32 Å². The predicted octanol–water partition coefficient (Wildman–Crippen LogP) is 3.94. The van der Waals surface area contributed by atoms with Crippen molar-refractivity contribution in [1.29, 1.82) is 0 Å². The number of hydrogen-bond acceptors (Lipinski definition) is 5. The van der Waals surface area contributed by atoms with Gasteiger partial charge in [-0.1, -0.05) is 36.8 Å². The van der Waals surface area contributed by atoms with Gasteiger partial charge in [0.1, 0.15) is 5.69 Å². The molecule has 3 rings (SSSR count). The molecule has 7 nitrogen and oxygen atoms in total. The van der Waals surface area contributed by atoms with Crippen molar-refractivity contribution in [2.75, 3.05) is 18.4 Å². The molecule has 0 radical (unpaired) electrons. The van der Waals surface area contributed by atoms with Gasteiger partial charge in [0, 0.05) is 25.2 Å². The molecule has 0 aromatic heterocycles. The van der Waals surface area contributed by atoms with E-state index in [0.717, 1.165) is 30.9 Å². The summed E-state index contributed by atoms with van der Waals surface area (Å²) < 4.78 is 27.0. The lowest BCUT2D eigenvalue weighted by atomic mass is 10.1. The fourth-order valence-corrected chi connectivity index (χ4v) is 4.80. The molecule has 0 aliphatic carbocycles. The Morgan fingerprint density at radius 3 is 2.37 bits per heavy atom. The van der Waals surface area contributed by atoms with Crippen molar-refractivity contribution >= 4 is 21.4 Å². The van der Waals surface area contributed by atoms with E-state index in [1.807, 2.05) is 37.3 Å². The Morgan fingerprint density at radius 2 is 1.74 bits per heavy atom. The van der Waals surface area contributed by atoms with Crippen LogP contribution in [0.5, 0.6) is 0 Å². The molecule has 0 bridgehead atoms. The zero-order chi connectivity index (χ0) is 19.4. The minimum atomic E-state index is -3.71. The maximum absolute atomic E-state index is 12.8. The second-order valence-electron chi connectivity index (χ2n) is 6.68. The van der Waals surface area contributed by atoms with Gasteiger partial charge in [-0.2, -0.15) is 4.31 Å². The first-order valence-electron chi connectivity index (χ1n) is 8.99. The van der Waals surface area contributed by atoms with Crippen molar-refractivity contribution in [3.63, 3.8) is 0 Å². The van der Waals surface area contributed by atoms with Gasteiger partial charge in [0.2, 0.25) is 10.0 Å². The van der Waals surface area contributed by atoms with Gasteiger partial charge in [0.05, 0.1) is 9.82 Å². The number of nitrogens with one attached hydrogen (secondary N) is 1. The summed E-state index contributed by atoms with van der Waals surface area (Å²) in [7, 11) is -3.71. The minimum Gasteiger partial charge on any atom is -0.373 e. The number of rotatable bonds is 6. The maximum Gasteiger partial charge on any atom is 0.293 e. The number of benzene rings is 2. The van der Waals surface area contributed by atoms with E-state index in [9.17, 15) is 18.5 Å². The number of anilines is 1. The first kappa shape index (κ1) is 19.3. The van der Waals surface area contributed by atoms with E-state index in [2.05, 4.69) is 5.32 Å². The Bertz CT molecular complexity index is 910. The highest BCUT2D eigenvalue weighted by atomic mass is 32.2. The third-order valence-corrected chi connectivity index (χ3v) is 6.68. The van der Waals surface area contributed by atoms with Crippen LogP contribution < -0.4 is 5.32 Å². The van der Waals surface area contributed by atoms with E-state index in [-0.39, 0.29) is 16.6 Å². The summed E-state index contributed by atoms with van der Waals surface area (Å²) in [5.74, 6) is 0. The van der Waals surface area contributed by atoms with Crippen molar-refractivity contribution in [2.24, 2.45) is 0 Å². The highest BCUT2D eigenvalue weighted by Crippen LogP contribution is 2.32. The van der Waals surface area contributed by atoms with Crippen molar-refractivity contribution < 1.29 is 13.3 Å². The second-order valence-corrected chi connectivity index (χ2v) is 8.62. The van der Waals surface area contributed by atoms with Crippen molar-refractivity contribution in [3.8, 4) is 0 Å². The summed E-state index contributed by atoms with van der Waals surface area (Å²) in [5, 5.41) is 14.7. The second kappa shape index (κ2) is 8.06. The zero-order valence-corrected chi connectivity index (χ0v) is 16.0. The molecule has 1 atom stereocenters. The summed E-state index contributed by atoms with van der Waals surface area (Å²) >= 11 is 0. The normalized spacial score (nSPS) is 16.6. The third kappa shape index (κ3) is 4.28. The predicted molar refractivity (Wildman–Crippen MR) is 104 cm³/mol. The van der Waals surface area contributed by atoms with E-state index in [1.54, 1.807) is 0 Å². The monoisotopic (exact) mass is 389 g/mol. The third-order valence-electron chi connectivity index (χ3n) is 4.79. The van der Waals surface area contributed by atoms with E-state index < -0.39 is 14.9 Å². The van der Waals surface area contributed by atoms with Gasteiger partial charge in [-0.15, -0.1) is 0 Å². The zero-order valence-electron chi connectivity index (χ0n) is 15.2. The van der Waals surface area contributed by atoms with Gasteiger partial charge in [-0.25, -0.2) is 8.42 Å². The van der Waals surface area contributed by atoms with Crippen molar-refractivity contribution in [3.05, 3.63) is 64.2 Å². The van der Waals surface area contributed by atoms with Crippen LogP contribution in [-0.4, -0.2) is 30.7 Å². The average Bonchev–Trinajstić information content (AvgIpc) is 2.69. The summed E-state index contributed by atoms with van der Waals surface area (Å²) in [5.41, 5.74) is 1.04. The van der Waals surface area contributed by atoms with Crippen molar-refractivity contribution in [1.82, 2.24) is 4.31 Å². The number of piperidine rings is 1. The Labute approximate surface area is 159 Å². The smallest absolute Gasteiger partial charge is 0.293 e. The molecule has 1 saturated heterocycles. The summed E-state index contributed by atoms with van der Waals surface area (Å²) in [6, 6.07) is 13.5. The van der Waals surface area contributed by atoms with Gasteiger partial charge >= 0.3 is 0 Å². The van der Waals surface area contributed by atoms with Crippen LogP contribution in [0.1, 0.15) is 37.8 Å². The van der Waals surface area contributed by atoms with Crippen LogP contribution in [0.15, 0.2) is 53.4 Å². The lowest BCUT2D eigenvalue weighted by molar-refractivity contribution is -0.384. The van der Waals surface area contributed by atoms with Crippen LogP contribution in [0.3, 0.4) is 0 Å². The van der Waals surface area contributed by atoms with Gasteiger partial charge in [-0.3, -0.25) is 10.1 Å². The van der Waals surface area contributed by atoms with Crippen LogP contribution in [0, 0.1) is 10.1 Å². The molecular weight excluding hydrogens is 366 g/mol. The molecular formula is C19H23N3O4S. The minimum absolute atomic E-state index is 0.0333. The van der Waals surface area contributed by atoms with Crippen LogP contribution in [-0.2, 0) is 10.0 Å². The maximum atomic E-state index is 12.8. The molecule has 144 valence electrons. The Kier molecular flexibility index (Phi) is 5.76. The summed E-state index contributed by atoms with van der Waals surface area (Å²) in [6.07, 6.45) is 2.64. The fourth-order valence-electron chi connectivity index (χ4n) is 3.26. The SMILES string of the molecule is C[C@H](Nc1ccc(S(=O)(=O)N2CCCCC2)cc1[N+](=O)[O-])c1ccccc1. The Hall–Kier alpha value is -2.45. The number of nitro benzene ring substituents is 1. The molecule has 0 saturated carbocycles. The Balaban J connectivity index is 1.90. The number of nitro groups is 1. The number of nitrogens with zero attached hydrogens (tertiary/aromatic N) is 2. The molecule has 8 heteroatoms. The molecule has 2 aromatic carbocycles. The average molecular weight is 389 g/mol. The van der Waals surface area contributed by atoms with Crippen LogP contribution in [0.2, 0.25) is 0 Å². The fraction of sp³-hybridized carbons (Fsp3) is 0.368. The molecule has 1 heterocycles. The lowest BCUT2D eigenvalue weighted by Crippen LogP contribution is -2.35. The topological polar surface area (TPSA) is 92.6 Å². The number of sulfonamides is 1. The molecule has 0 unspecified atom stereocenters. The first-order chi connectivity index (χ1) is 12.9. The summed E-state index contributed by atoms with van der Waals surface area (Å²) in [4.78, 5) is 11.0. The standard InChI is InChI=1S/C19H23N3O4S/c1-15(16-8-4-2-5-9-16)20-18-11-10-17(14-19(18)22(23)24)27(25,26)21-12-6-3-7-13-21/h2,4-5,8-11,14-15,20H,3,6-7,12-13H2,1H3/t15-/m0/s1. The molecule has 1 aliphatic rings. The van der Waals surface area contributed by atoms with Crippen LogP contribution in [0.25, 0.3) is 0 Å². The molecule has 2 aromatic rings. The van der Waals surface area contributed by atoms with Crippen molar-refractivity contribution in [2.45, 2.75) is 37.1 Å². The van der Waals surface area contributed by atoms with E-state index in [1.165, 1.54) is 16.4 Å². The lowest BCUT2D eigenvalue weighted by Gasteiger charge is -2.26. The highest BCUT2D eigenvalue weighted by Gasteiger charge is 2.28. The first-order valence-corrected chi connectivity index (χ1v) is 10.4. The van der Waals surface area contributed by atoms with Gasteiger partial charge in [0.15, 0.2) is 0 Å². The quantitative estimate of drug-likeness (QED) is 0.597. The van der Waals surface area contributed by atoms with E-state index >= 15 is 0 Å². The molecule has 1 fully saturated rings. The van der Waals surface area contributed by atoms with Gasteiger partial charge in [-0.05, 0) is 37.5 Å². The molecule has 0 amide bonds. The van der Waals surface area contributed by atoms with E-state index in [0.29, 0.717) is 18.8 Å². The highest BCUT2D eigenvalue weighted by molar-refractivity contribution is 7.89. The summed E-state index contributed by atoms with van der Waals surface area (Å²) in [6.45, 7) is 2.82. The molecule has 0 spiro atoms. The molecule has 1 N–H and O–H groups in total.